The summed E-state index contributed by atoms with van der Waals surface area (Å²) in [5.41, 5.74) is 0. The number of unbranched alkanes of at least 4 members (excludes halogenated alkanes) is 3. The lowest BCUT2D eigenvalue weighted by atomic mass is 10.2. The van der Waals surface area contributed by atoms with Gasteiger partial charge in [-0.05, 0) is 43.9 Å². The topological polar surface area (TPSA) is 18.5 Å². The van der Waals surface area contributed by atoms with E-state index in [1.807, 2.05) is 30.3 Å². The molecule has 0 saturated heterocycles. The van der Waals surface area contributed by atoms with Crippen molar-refractivity contribution in [3.63, 3.8) is 0 Å². The third-order valence-electron chi connectivity index (χ3n) is 2.57. The van der Waals surface area contributed by atoms with Gasteiger partial charge in [0.15, 0.2) is 0 Å². The summed E-state index contributed by atoms with van der Waals surface area (Å²) in [7, 11) is 0. The standard InChI is InChI=1S/C16H22O2/c1-3-15(2)17-13-9-4-5-10-14-18-16-11-7-6-8-12-16/h3,6-8,11-12H,1-2,4-5,9-10,13-14H2. The van der Waals surface area contributed by atoms with E-state index in [4.69, 9.17) is 9.47 Å². The molecule has 98 valence electrons. The molecule has 1 aromatic rings. The molecule has 0 aliphatic heterocycles. The number of hydrogen-bond donors (Lipinski definition) is 0. The van der Waals surface area contributed by atoms with Crippen molar-refractivity contribution in [2.24, 2.45) is 0 Å². The molecule has 0 aromatic heterocycles. The molecule has 0 amide bonds. The van der Waals surface area contributed by atoms with Crippen LogP contribution in [0.5, 0.6) is 5.75 Å². The molecule has 1 aromatic carbocycles. The minimum absolute atomic E-state index is 0.655. The highest BCUT2D eigenvalue weighted by molar-refractivity contribution is 5.20. The van der Waals surface area contributed by atoms with E-state index >= 15 is 0 Å². The predicted molar refractivity (Wildman–Crippen MR) is 75.7 cm³/mol. The fourth-order valence-corrected chi connectivity index (χ4v) is 1.53. The van der Waals surface area contributed by atoms with Crippen LogP contribution >= 0.6 is 0 Å². The lowest BCUT2D eigenvalue weighted by Crippen LogP contribution is -1.98. The highest BCUT2D eigenvalue weighted by Crippen LogP contribution is 2.09. The molecule has 1 rings (SSSR count). The molecule has 0 fully saturated rings. The fraction of sp³-hybridized carbons (Fsp3) is 0.375. The first kappa shape index (κ1) is 14.4. The van der Waals surface area contributed by atoms with Crippen LogP contribution in [-0.2, 0) is 4.74 Å². The molecule has 0 heterocycles. The summed E-state index contributed by atoms with van der Waals surface area (Å²) in [4.78, 5) is 0. The van der Waals surface area contributed by atoms with Crippen LogP contribution in [0.1, 0.15) is 25.7 Å². The first-order valence-corrected chi connectivity index (χ1v) is 6.45. The maximum Gasteiger partial charge on any atom is 0.119 e. The van der Waals surface area contributed by atoms with Gasteiger partial charge in [-0.1, -0.05) is 31.4 Å². The van der Waals surface area contributed by atoms with E-state index in [1.165, 1.54) is 0 Å². The van der Waals surface area contributed by atoms with Crippen LogP contribution in [0, 0.1) is 0 Å². The van der Waals surface area contributed by atoms with Crippen LogP contribution < -0.4 is 4.74 Å². The Morgan fingerprint density at radius 3 is 2.33 bits per heavy atom. The van der Waals surface area contributed by atoms with Gasteiger partial charge in [-0.2, -0.15) is 0 Å². The number of allylic oxidation sites excluding steroid dienone is 1. The van der Waals surface area contributed by atoms with Crippen LogP contribution in [-0.4, -0.2) is 13.2 Å². The minimum Gasteiger partial charge on any atom is -0.494 e. The highest BCUT2D eigenvalue weighted by Gasteiger charge is 1.94. The van der Waals surface area contributed by atoms with E-state index < -0.39 is 0 Å². The fourth-order valence-electron chi connectivity index (χ4n) is 1.53. The van der Waals surface area contributed by atoms with E-state index in [2.05, 4.69) is 13.2 Å². The number of rotatable bonds is 10. The summed E-state index contributed by atoms with van der Waals surface area (Å²) in [6.45, 7) is 8.79. The third kappa shape index (κ3) is 6.79. The van der Waals surface area contributed by atoms with E-state index in [9.17, 15) is 0 Å². The second-order valence-electron chi connectivity index (χ2n) is 4.09. The largest absolute Gasteiger partial charge is 0.494 e. The van der Waals surface area contributed by atoms with E-state index in [1.54, 1.807) is 6.08 Å². The Bertz CT molecular complexity index is 343. The maximum atomic E-state index is 5.61. The van der Waals surface area contributed by atoms with Gasteiger partial charge in [0.25, 0.3) is 0 Å². The molecule has 0 radical (unpaired) electrons. The third-order valence-corrected chi connectivity index (χ3v) is 2.57. The summed E-state index contributed by atoms with van der Waals surface area (Å²) in [6.07, 6.45) is 6.09. The molecule has 18 heavy (non-hydrogen) atoms. The maximum absolute atomic E-state index is 5.61. The molecular weight excluding hydrogens is 224 g/mol. The van der Waals surface area contributed by atoms with Crippen molar-refractivity contribution in [2.45, 2.75) is 25.7 Å². The lowest BCUT2D eigenvalue weighted by molar-refractivity contribution is 0.216. The molecular formula is C16H22O2. The van der Waals surface area contributed by atoms with Crippen LogP contribution in [0.15, 0.2) is 55.3 Å². The normalized spacial score (nSPS) is 9.78. The van der Waals surface area contributed by atoms with Gasteiger partial charge in [0.1, 0.15) is 11.5 Å². The Labute approximate surface area is 110 Å². The van der Waals surface area contributed by atoms with Gasteiger partial charge in [0, 0.05) is 0 Å². The molecule has 0 N–H and O–H groups in total. The Hall–Kier alpha value is -1.70. The monoisotopic (exact) mass is 246 g/mol. The average Bonchev–Trinajstić information content (AvgIpc) is 2.42. The first-order chi connectivity index (χ1) is 8.83. The molecule has 0 unspecified atom stereocenters. The zero-order chi connectivity index (χ0) is 13.1. The van der Waals surface area contributed by atoms with Gasteiger partial charge in [-0.25, -0.2) is 0 Å². The van der Waals surface area contributed by atoms with E-state index in [0.29, 0.717) is 5.76 Å². The lowest BCUT2D eigenvalue weighted by Gasteiger charge is -2.06. The second kappa shape index (κ2) is 9.34. The minimum atomic E-state index is 0.655. The van der Waals surface area contributed by atoms with Gasteiger partial charge in [0.2, 0.25) is 0 Å². The van der Waals surface area contributed by atoms with Crippen LogP contribution in [0.3, 0.4) is 0 Å². The molecule has 2 heteroatoms. The molecule has 0 aliphatic carbocycles. The quantitative estimate of drug-likeness (QED) is 0.347. The van der Waals surface area contributed by atoms with Crippen molar-refractivity contribution < 1.29 is 9.47 Å². The number of para-hydroxylation sites is 1. The van der Waals surface area contributed by atoms with Gasteiger partial charge in [-0.15, -0.1) is 0 Å². The molecule has 0 saturated carbocycles. The van der Waals surface area contributed by atoms with Crippen molar-refractivity contribution in [1.82, 2.24) is 0 Å². The molecule has 0 spiro atoms. The zero-order valence-corrected chi connectivity index (χ0v) is 10.9. The Morgan fingerprint density at radius 2 is 1.67 bits per heavy atom. The van der Waals surface area contributed by atoms with Crippen LogP contribution in [0.4, 0.5) is 0 Å². The summed E-state index contributed by atoms with van der Waals surface area (Å²) in [5, 5.41) is 0. The van der Waals surface area contributed by atoms with Gasteiger partial charge >= 0.3 is 0 Å². The Kier molecular flexibility index (Phi) is 7.45. The van der Waals surface area contributed by atoms with Gasteiger partial charge < -0.3 is 9.47 Å². The van der Waals surface area contributed by atoms with Crippen LogP contribution in [0.25, 0.3) is 0 Å². The molecule has 2 nitrogen and oxygen atoms in total. The highest BCUT2D eigenvalue weighted by atomic mass is 16.5. The SMILES string of the molecule is C=CC(=C)OCCCCCCOc1ccccc1. The number of hydrogen-bond acceptors (Lipinski definition) is 2. The first-order valence-electron chi connectivity index (χ1n) is 6.45. The van der Waals surface area contributed by atoms with Gasteiger partial charge in [-0.3, -0.25) is 0 Å². The molecule has 0 bridgehead atoms. The predicted octanol–water partition coefficient (Wildman–Crippen LogP) is 4.34. The van der Waals surface area contributed by atoms with E-state index in [-0.39, 0.29) is 0 Å². The average molecular weight is 246 g/mol. The summed E-state index contributed by atoms with van der Waals surface area (Å²) in [6, 6.07) is 9.92. The number of benzene rings is 1. The van der Waals surface area contributed by atoms with Crippen molar-refractivity contribution in [1.29, 1.82) is 0 Å². The second-order valence-corrected chi connectivity index (χ2v) is 4.09. The number of ether oxygens (including phenoxy) is 2. The van der Waals surface area contributed by atoms with Crippen molar-refractivity contribution in [3.8, 4) is 5.75 Å². The Balaban J connectivity index is 1.90. The summed E-state index contributed by atoms with van der Waals surface area (Å²) >= 11 is 0. The smallest absolute Gasteiger partial charge is 0.119 e. The summed E-state index contributed by atoms with van der Waals surface area (Å²) < 4.78 is 10.9. The molecule has 0 aliphatic rings. The van der Waals surface area contributed by atoms with Crippen molar-refractivity contribution in [2.75, 3.05) is 13.2 Å². The van der Waals surface area contributed by atoms with Crippen LogP contribution in [0.2, 0.25) is 0 Å². The Morgan fingerprint density at radius 1 is 1.00 bits per heavy atom. The van der Waals surface area contributed by atoms with Gasteiger partial charge in [0.05, 0.1) is 13.2 Å². The summed E-state index contributed by atoms with van der Waals surface area (Å²) in [5.74, 6) is 1.60. The zero-order valence-electron chi connectivity index (χ0n) is 10.9. The van der Waals surface area contributed by atoms with Crippen molar-refractivity contribution >= 4 is 0 Å². The van der Waals surface area contributed by atoms with Crippen molar-refractivity contribution in [3.05, 3.63) is 55.3 Å². The van der Waals surface area contributed by atoms with E-state index in [0.717, 1.165) is 44.6 Å². The molecule has 0 atom stereocenters.